The lowest BCUT2D eigenvalue weighted by Gasteiger charge is -2.14. The first-order chi connectivity index (χ1) is 12.9. The van der Waals surface area contributed by atoms with E-state index in [1.807, 2.05) is 0 Å². The molecular weight excluding hydrogens is 352 g/mol. The van der Waals surface area contributed by atoms with Crippen LogP contribution in [0.2, 0.25) is 0 Å². The number of nitrogens with zero attached hydrogens (tertiary/aromatic N) is 1. The zero-order valence-corrected chi connectivity index (χ0v) is 14.3. The van der Waals surface area contributed by atoms with Crippen molar-refractivity contribution >= 4 is 23.3 Å². The Hall–Kier alpha value is -3.55. The fourth-order valence-electron chi connectivity index (χ4n) is 2.45. The van der Waals surface area contributed by atoms with E-state index in [1.54, 1.807) is 30.3 Å². The van der Waals surface area contributed by atoms with Crippen LogP contribution in [0.1, 0.15) is 22.3 Å². The Labute approximate surface area is 155 Å². The monoisotopic (exact) mass is 370 g/mol. The third-order valence-electron chi connectivity index (χ3n) is 3.91. The van der Waals surface area contributed by atoms with Crippen LogP contribution < -0.4 is 0 Å². The molecule has 1 unspecified atom stereocenters. The highest BCUT2D eigenvalue weighted by Crippen LogP contribution is 2.16. The maximum absolute atomic E-state index is 11.9. The Balaban J connectivity index is 1.91. The van der Waals surface area contributed by atoms with Crippen LogP contribution in [-0.4, -0.2) is 34.3 Å². The third kappa shape index (κ3) is 5.74. The second-order valence-corrected chi connectivity index (χ2v) is 5.81. The number of carboxylic acid groups (broad SMARTS) is 1. The highest BCUT2D eigenvalue weighted by Gasteiger charge is 2.23. The smallest absolute Gasteiger partial charge is 0.338 e. The molecule has 0 amide bonds. The number of nitrogens with one attached hydrogen (secondary N) is 1. The number of carbonyl (C=O) groups is 2. The second-order valence-electron chi connectivity index (χ2n) is 5.81. The lowest BCUT2D eigenvalue weighted by atomic mass is 9.94. The number of esters is 1. The molecule has 0 aliphatic carbocycles. The minimum Gasteiger partial charge on any atom is -0.481 e. The number of benzene rings is 2. The molecule has 1 atom stereocenters. The van der Waals surface area contributed by atoms with Gasteiger partial charge in [-0.1, -0.05) is 30.3 Å². The number of nitro benzene ring substituents is 1. The van der Waals surface area contributed by atoms with E-state index in [0.717, 1.165) is 0 Å². The first-order valence-corrected chi connectivity index (χ1v) is 8.14. The van der Waals surface area contributed by atoms with Gasteiger partial charge in [-0.2, -0.15) is 0 Å². The van der Waals surface area contributed by atoms with Gasteiger partial charge in [0.1, 0.15) is 0 Å². The van der Waals surface area contributed by atoms with Crippen molar-refractivity contribution in [3.05, 3.63) is 75.8 Å². The minimum absolute atomic E-state index is 0.0281. The van der Waals surface area contributed by atoms with Crippen LogP contribution in [0.4, 0.5) is 5.69 Å². The molecule has 0 spiro atoms. The van der Waals surface area contributed by atoms with Crippen LogP contribution in [0.15, 0.2) is 54.6 Å². The average molecular weight is 370 g/mol. The van der Waals surface area contributed by atoms with Crippen LogP contribution in [0.3, 0.4) is 0 Å². The topological polar surface area (TPSA) is 131 Å². The zero-order valence-electron chi connectivity index (χ0n) is 14.3. The quantitative estimate of drug-likeness (QED) is 0.302. The van der Waals surface area contributed by atoms with E-state index in [-0.39, 0.29) is 30.8 Å². The number of nitro groups is 1. The van der Waals surface area contributed by atoms with Crippen molar-refractivity contribution in [3.63, 3.8) is 0 Å². The van der Waals surface area contributed by atoms with Gasteiger partial charge in [-0.25, -0.2) is 4.79 Å². The summed E-state index contributed by atoms with van der Waals surface area (Å²) in [5, 5.41) is 28.0. The van der Waals surface area contributed by atoms with Gasteiger partial charge in [0.2, 0.25) is 0 Å². The summed E-state index contributed by atoms with van der Waals surface area (Å²) >= 11 is 0. The first-order valence-electron chi connectivity index (χ1n) is 8.14. The molecule has 0 aliphatic rings. The fourth-order valence-corrected chi connectivity index (χ4v) is 2.45. The second kappa shape index (κ2) is 9.23. The van der Waals surface area contributed by atoms with E-state index in [1.165, 1.54) is 24.3 Å². The summed E-state index contributed by atoms with van der Waals surface area (Å²) < 4.78 is 5.08. The maximum atomic E-state index is 11.9. The van der Waals surface area contributed by atoms with Crippen LogP contribution >= 0.6 is 0 Å². The molecule has 8 nitrogen and oxygen atoms in total. The molecule has 0 radical (unpaired) electrons. The molecule has 2 aromatic rings. The van der Waals surface area contributed by atoms with Gasteiger partial charge < -0.3 is 15.3 Å². The van der Waals surface area contributed by atoms with E-state index in [4.69, 9.17) is 10.1 Å². The third-order valence-corrected chi connectivity index (χ3v) is 3.91. The molecule has 0 bridgehead atoms. The van der Waals surface area contributed by atoms with Crippen molar-refractivity contribution in [2.45, 2.75) is 12.8 Å². The molecule has 0 saturated heterocycles. The van der Waals surface area contributed by atoms with Crippen molar-refractivity contribution in [2.24, 2.45) is 5.92 Å². The van der Waals surface area contributed by atoms with E-state index >= 15 is 0 Å². The van der Waals surface area contributed by atoms with Gasteiger partial charge in [-0.05, 0) is 17.7 Å². The van der Waals surface area contributed by atoms with Crippen LogP contribution in [0, 0.1) is 21.4 Å². The number of hydrogen-bond donors (Lipinski definition) is 2. The molecule has 8 heteroatoms. The van der Waals surface area contributed by atoms with Gasteiger partial charge in [0.15, 0.2) is 0 Å². The molecule has 2 aromatic carbocycles. The fraction of sp³-hybridized carbons (Fsp3) is 0.211. The van der Waals surface area contributed by atoms with Gasteiger partial charge in [-0.15, -0.1) is 0 Å². The summed E-state index contributed by atoms with van der Waals surface area (Å²) in [7, 11) is 0. The van der Waals surface area contributed by atoms with Gasteiger partial charge in [0.25, 0.3) is 5.69 Å². The molecule has 0 fully saturated rings. The Morgan fingerprint density at radius 3 is 2.30 bits per heavy atom. The van der Waals surface area contributed by atoms with Gasteiger partial charge >= 0.3 is 11.9 Å². The Bertz CT molecular complexity index is 833. The lowest BCUT2D eigenvalue weighted by molar-refractivity contribution is -0.384. The normalized spacial score (nSPS) is 11.4. The van der Waals surface area contributed by atoms with Crippen molar-refractivity contribution in [1.29, 1.82) is 5.41 Å². The highest BCUT2D eigenvalue weighted by atomic mass is 16.6. The molecule has 0 aromatic heterocycles. The molecule has 2 rings (SSSR count). The molecule has 0 aliphatic heterocycles. The Kier molecular flexibility index (Phi) is 6.76. The summed E-state index contributed by atoms with van der Waals surface area (Å²) in [5.41, 5.74) is 0.823. The lowest BCUT2D eigenvalue weighted by Crippen LogP contribution is -2.26. The average Bonchev–Trinajstić information content (AvgIpc) is 2.65. The van der Waals surface area contributed by atoms with Crippen LogP contribution in [0.25, 0.3) is 0 Å². The van der Waals surface area contributed by atoms with Crippen LogP contribution in [0.5, 0.6) is 0 Å². The van der Waals surface area contributed by atoms with Crippen LogP contribution in [-0.2, 0) is 16.0 Å². The van der Waals surface area contributed by atoms with E-state index in [9.17, 15) is 24.8 Å². The molecule has 140 valence electrons. The SMILES string of the molecule is N=C(Cc1ccc([N+](=O)[O-])cc1)C(CCOC(=O)c1ccccc1)C(=O)O. The Morgan fingerprint density at radius 1 is 1.11 bits per heavy atom. The number of non-ortho nitro benzene ring substituents is 1. The van der Waals surface area contributed by atoms with E-state index < -0.39 is 22.8 Å². The Morgan fingerprint density at radius 2 is 1.74 bits per heavy atom. The summed E-state index contributed by atoms with van der Waals surface area (Å²) in [6.45, 7) is -0.132. The van der Waals surface area contributed by atoms with E-state index in [0.29, 0.717) is 11.1 Å². The van der Waals surface area contributed by atoms with Crippen molar-refractivity contribution < 1.29 is 24.4 Å². The van der Waals surface area contributed by atoms with Gasteiger partial charge in [-0.3, -0.25) is 14.9 Å². The highest BCUT2D eigenvalue weighted by molar-refractivity contribution is 6.00. The number of rotatable bonds is 9. The van der Waals surface area contributed by atoms with E-state index in [2.05, 4.69) is 0 Å². The summed E-state index contributed by atoms with van der Waals surface area (Å²) in [4.78, 5) is 33.4. The largest absolute Gasteiger partial charge is 0.481 e. The number of carbonyl (C=O) groups excluding carboxylic acids is 1. The van der Waals surface area contributed by atoms with Crippen molar-refractivity contribution in [2.75, 3.05) is 6.61 Å². The minimum atomic E-state index is -1.18. The van der Waals surface area contributed by atoms with Gasteiger partial charge in [0.05, 0.1) is 23.0 Å². The predicted molar refractivity (Wildman–Crippen MR) is 97.0 cm³/mol. The predicted octanol–water partition coefficient (Wildman–Crippen LogP) is 3.10. The summed E-state index contributed by atoms with van der Waals surface area (Å²) in [6.07, 6.45) is 0.0152. The molecular formula is C19H18N2O6. The summed E-state index contributed by atoms with van der Waals surface area (Å²) in [6, 6.07) is 13.9. The van der Waals surface area contributed by atoms with Crippen molar-refractivity contribution in [1.82, 2.24) is 0 Å². The van der Waals surface area contributed by atoms with Crippen molar-refractivity contribution in [3.8, 4) is 0 Å². The number of ether oxygens (including phenoxy) is 1. The summed E-state index contributed by atoms with van der Waals surface area (Å²) in [5.74, 6) is -2.84. The molecule has 0 heterocycles. The maximum Gasteiger partial charge on any atom is 0.338 e. The number of carboxylic acids is 1. The number of hydrogen-bond acceptors (Lipinski definition) is 6. The molecule has 27 heavy (non-hydrogen) atoms. The standard InChI is InChI=1S/C19H18N2O6/c20-17(12-13-6-8-15(9-7-13)21(25)26)16(18(22)23)10-11-27-19(24)14-4-2-1-3-5-14/h1-9,16,20H,10-12H2,(H,22,23). The number of aliphatic carboxylic acids is 1. The zero-order chi connectivity index (χ0) is 19.8. The van der Waals surface area contributed by atoms with Gasteiger partial charge in [0, 0.05) is 30.7 Å². The molecule has 0 saturated carbocycles. The first kappa shape index (κ1) is 19.8. The molecule has 2 N–H and O–H groups in total.